The summed E-state index contributed by atoms with van der Waals surface area (Å²) in [5.41, 5.74) is 6.03. The lowest BCUT2D eigenvalue weighted by molar-refractivity contribution is 0.255. The summed E-state index contributed by atoms with van der Waals surface area (Å²) in [4.78, 5) is 0. The van der Waals surface area contributed by atoms with Gasteiger partial charge in [0.15, 0.2) is 0 Å². The van der Waals surface area contributed by atoms with Gasteiger partial charge in [0.05, 0.1) is 0 Å². The molecule has 0 aromatic heterocycles. The van der Waals surface area contributed by atoms with E-state index in [1.807, 2.05) is 6.08 Å². The lowest BCUT2D eigenvalue weighted by atomic mass is 9.79. The molecule has 1 atom stereocenters. The van der Waals surface area contributed by atoms with E-state index >= 15 is 0 Å². The Balaban J connectivity index is 2.28. The van der Waals surface area contributed by atoms with Crippen LogP contribution in [0, 0.1) is 11.8 Å². The molecule has 12 heavy (non-hydrogen) atoms. The van der Waals surface area contributed by atoms with Crippen LogP contribution >= 0.6 is 0 Å². The van der Waals surface area contributed by atoms with Gasteiger partial charge in [0.25, 0.3) is 0 Å². The minimum absolute atomic E-state index is 0.370. The summed E-state index contributed by atoms with van der Waals surface area (Å²) in [5, 5.41) is 0. The van der Waals surface area contributed by atoms with E-state index < -0.39 is 0 Å². The molecule has 0 aromatic carbocycles. The first-order valence-electron chi connectivity index (χ1n) is 5.10. The van der Waals surface area contributed by atoms with Crippen LogP contribution in [0.15, 0.2) is 12.7 Å². The average molecular weight is 167 g/mol. The Morgan fingerprint density at radius 3 is 2.50 bits per heavy atom. The van der Waals surface area contributed by atoms with E-state index in [1.54, 1.807) is 0 Å². The second-order valence-corrected chi connectivity index (χ2v) is 4.21. The van der Waals surface area contributed by atoms with Gasteiger partial charge < -0.3 is 5.73 Å². The van der Waals surface area contributed by atoms with E-state index in [1.165, 1.54) is 25.7 Å². The van der Waals surface area contributed by atoms with Crippen LogP contribution in [0.4, 0.5) is 0 Å². The minimum Gasteiger partial charge on any atom is -0.327 e. The molecule has 2 N–H and O–H groups in total. The van der Waals surface area contributed by atoms with Gasteiger partial charge in [-0.05, 0) is 31.1 Å². The molecule has 1 aliphatic carbocycles. The van der Waals surface area contributed by atoms with Crippen molar-refractivity contribution in [3.05, 3.63) is 12.7 Å². The third kappa shape index (κ3) is 2.63. The average Bonchev–Trinajstić information content (AvgIpc) is 2.06. The predicted molar refractivity (Wildman–Crippen MR) is 53.9 cm³/mol. The van der Waals surface area contributed by atoms with Crippen LogP contribution in [0.1, 0.15) is 39.0 Å². The van der Waals surface area contributed by atoms with E-state index in [0.29, 0.717) is 6.04 Å². The predicted octanol–water partition coefficient (Wildman–Crippen LogP) is 2.72. The fourth-order valence-corrected chi connectivity index (χ4v) is 2.10. The Kier molecular flexibility index (Phi) is 3.80. The second-order valence-electron chi connectivity index (χ2n) is 4.21. The lowest BCUT2D eigenvalue weighted by Crippen LogP contribution is -2.32. The first kappa shape index (κ1) is 9.79. The fraction of sp³-hybridized carbons (Fsp3) is 0.818. The van der Waals surface area contributed by atoms with Gasteiger partial charge in [-0.15, -0.1) is 6.58 Å². The van der Waals surface area contributed by atoms with E-state index in [0.717, 1.165) is 18.3 Å². The standard InChI is InChI=1S/C11H21N/c1-3-4-11(12)10-7-5-9(2)6-8-10/h3,9-11H,1,4-8,12H2,2H3. The highest BCUT2D eigenvalue weighted by atomic mass is 14.6. The third-order valence-corrected chi connectivity index (χ3v) is 3.10. The molecule has 0 radical (unpaired) electrons. The largest absolute Gasteiger partial charge is 0.327 e. The van der Waals surface area contributed by atoms with E-state index in [9.17, 15) is 0 Å². The zero-order chi connectivity index (χ0) is 8.97. The van der Waals surface area contributed by atoms with E-state index in [-0.39, 0.29) is 0 Å². The third-order valence-electron chi connectivity index (χ3n) is 3.10. The molecular formula is C11H21N. The summed E-state index contributed by atoms with van der Waals surface area (Å²) in [7, 11) is 0. The van der Waals surface area contributed by atoms with Crippen molar-refractivity contribution in [2.75, 3.05) is 0 Å². The van der Waals surface area contributed by atoms with Gasteiger partial charge in [-0.3, -0.25) is 0 Å². The van der Waals surface area contributed by atoms with Crippen molar-refractivity contribution in [3.63, 3.8) is 0 Å². The zero-order valence-electron chi connectivity index (χ0n) is 8.13. The smallest absolute Gasteiger partial charge is 0.0102 e. The molecule has 70 valence electrons. The molecule has 1 heteroatoms. The minimum atomic E-state index is 0.370. The number of hydrogen-bond acceptors (Lipinski definition) is 1. The summed E-state index contributed by atoms with van der Waals surface area (Å²) in [5.74, 6) is 1.69. The first-order chi connectivity index (χ1) is 5.74. The summed E-state index contributed by atoms with van der Waals surface area (Å²) in [6, 6.07) is 0.370. The fourth-order valence-electron chi connectivity index (χ4n) is 2.10. The summed E-state index contributed by atoms with van der Waals surface area (Å²) in [6.45, 7) is 6.07. The van der Waals surface area contributed by atoms with Crippen molar-refractivity contribution in [1.82, 2.24) is 0 Å². The van der Waals surface area contributed by atoms with Gasteiger partial charge in [0.2, 0.25) is 0 Å². The van der Waals surface area contributed by atoms with Crippen molar-refractivity contribution in [2.45, 2.75) is 45.1 Å². The van der Waals surface area contributed by atoms with Crippen molar-refractivity contribution in [1.29, 1.82) is 0 Å². The Morgan fingerprint density at radius 1 is 1.42 bits per heavy atom. The van der Waals surface area contributed by atoms with Gasteiger partial charge in [-0.1, -0.05) is 25.8 Å². The Bertz CT molecular complexity index is 134. The zero-order valence-corrected chi connectivity index (χ0v) is 8.13. The van der Waals surface area contributed by atoms with E-state index in [4.69, 9.17) is 5.73 Å². The van der Waals surface area contributed by atoms with Gasteiger partial charge >= 0.3 is 0 Å². The molecule has 0 spiro atoms. The highest BCUT2D eigenvalue weighted by Gasteiger charge is 2.22. The topological polar surface area (TPSA) is 26.0 Å². The molecule has 1 fully saturated rings. The number of rotatable bonds is 3. The molecule has 1 aliphatic rings. The van der Waals surface area contributed by atoms with Crippen molar-refractivity contribution in [3.8, 4) is 0 Å². The molecular weight excluding hydrogens is 146 g/mol. The number of hydrogen-bond donors (Lipinski definition) is 1. The van der Waals surface area contributed by atoms with Crippen LogP contribution in [-0.4, -0.2) is 6.04 Å². The first-order valence-corrected chi connectivity index (χ1v) is 5.10. The maximum atomic E-state index is 6.03. The van der Waals surface area contributed by atoms with Crippen molar-refractivity contribution < 1.29 is 0 Å². The maximum Gasteiger partial charge on any atom is 0.0102 e. The second kappa shape index (κ2) is 4.66. The van der Waals surface area contributed by atoms with Crippen LogP contribution in [-0.2, 0) is 0 Å². The summed E-state index contributed by atoms with van der Waals surface area (Å²) < 4.78 is 0. The molecule has 1 rings (SSSR count). The van der Waals surface area contributed by atoms with Crippen LogP contribution in [0.3, 0.4) is 0 Å². The van der Waals surface area contributed by atoms with Crippen LogP contribution in [0.5, 0.6) is 0 Å². The molecule has 0 saturated heterocycles. The molecule has 0 amide bonds. The van der Waals surface area contributed by atoms with Gasteiger partial charge in [-0.2, -0.15) is 0 Å². The van der Waals surface area contributed by atoms with Crippen LogP contribution < -0.4 is 5.73 Å². The molecule has 1 nitrogen and oxygen atoms in total. The molecule has 0 aromatic rings. The van der Waals surface area contributed by atoms with Crippen LogP contribution in [0.25, 0.3) is 0 Å². The Morgan fingerprint density at radius 2 is 2.00 bits per heavy atom. The molecule has 0 heterocycles. The van der Waals surface area contributed by atoms with Gasteiger partial charge in [0, 0.05) is 6.04 Å². The normalized spacial score (nSPS) is 32.8. The van der Waals surface area contributed by atoms with Gasteiger partial charge in [0.1, 0.15) is 0 Å². The quantitative estimate of drug-likeness (QED) is 0.643. The summed E-state index contributed by atoms with van der Waals surface area (Å²) >= 11 is 0. The van der Waals surface area contributed by atoms with Crippen molar-refractivity contribution >= 4 is 0 Å². The molecule has 0 bridgehead atoms. The molecule has 1 unspecified atom stereocenters. The molecule has 0 aliphatic heterocycles. The number of nitrogens with two attached hydrogens (primary N) is 1. The maximum absolute atomic E-state index is 6.03. The highest BCUT2D eigenvalue weighted by Crippen LogP contribution is 2.30. The lowest BCUT2D eigenvalue weighted by Gasteiger charge is -2.30. The molecule has 1 saturated carbocycles. The van der Waals surface area contributed by atoms with Crippen LogP contribution in [0.2, 0.25) is 0 Å². The SMILES string of the molecule is C=CCC(N)C1CCC(C)CC1. The van der Waals surface area contributed by atoms with E-state index in [2.05, 4.69) is 13.5 Å². The highest BCUT2D eigenvalue weighted by molar-refractivity contribution is 4.83. The van der Waals surface area contributed by atoms with Gasteiger partial charge in [-0.25, -0.2) is 0 Å². The monoisotopic (exact) mass is 167 g/mol. The Hall–Kier alpha value is -0.300. The Labute approximate surface area is 76.0 Å². The summed E-state index contributed by atoms with van der Waals surface area (Å²) in [6.07, 6.45) is 8.33. The van der Waals surface area contributed by atoms with Crippen molar-refractivity contribution in [2.24, 2.45) is 17.6 Å².